The van der Waals surface area contributed by atoms with Gasteiger partial charge in [0.2, 0.25) is 0 Å². The third-order valence-electron chi connectivity index (χ3n) is 4.64. The lowest BCUT2D eigenvalue weighted by Gasteiger charge is -2.33. The van der Waals surface area contributed by atoms with Crippen LogP contribution in [-0.2, 0) is 0 Å². The highest BCUT2D eigenvalue weighted by Gasteiger charge is 2.22. The normalized spacial score (nSPS) is 17.5. The van der Waals surface area contributed by atoms with E-state index in [-0.39, 0.29) is 6.04 Å². The second-order valence-corrected chi connectivity index (χ2v) is 6.53. The Hall–Kier alpha value is -2.80. The highest BCUT2D eigenvalue weighted by atomic mass is 16.5. The van der Waals surface area contributed by atoms with E-state index in [2.05, 4.69) is 20.3 Å². The van der Waals surface area contributed by atoms with Crippen LogP contribution < -0.4 is 20.7 Å². The highest BCUT2D eigenvalue weighted by molar-refractivity contribution is 5.85. The Morgan fingerprint density at radius 3 is 2.92 bits per heavy atom. The Morgan fingerprint density at radius 1 is 1.31 bits per heavy atom. The van der Waals surface area contributed by atoms with Gasteiger partial charge in [-0.15, -0.1) is 0 Å². The Bertz CT molecular complexity index is 875. The predicted molar refractivity (Wildman–Crippen MR) is 103 cm³/mol. The van der Waals surface area contributed by atoms with Crippen LogP contribution in [0.15, 0.2) is 42.9 Å². The van der Waals surface area contributed by atoms with Crippen molar-refractivity contribution in [2.24, 2.45) is 5.73 Å². The summed E-state index contributed by atoms with van der Waals surface area (Å²) in [5.41, 5.74) is 9.95. The zero-order valence-corrected chi connectivity index (χ0v) is 14.9. The van der Waals surface area contributed by atoms with E-state index in [1.807, 2.05) is 43.6 Å². The van der Waals surface area contributed by atoms with Crippen molar-refractivity contribution in [3.8, 4) is 5.75 Å². The van der Waals surface area contributed by atoms with Crippen molar-refractivity contribution in [1.29, 1.82) is 0 Å². The summed E-state index contributed by atoms with van der Waals surface area (Å²) in [6, 6.07) is 8.14. The van der Waals surface area contributed by atoms with Crippen molar-refractivity contribution >= 4 is 22.7 Å². The molecule has 0 bridgehead atoms. The maximum absolute atomic E-state index is 6.19. The molecular weight excluding hydrogens is 328 g/mol. The average molecular weight is 352 g/mol. The van der Waals surface area contributed by atoms with Crippen LogP contribution >= 0.6 is 0 Å². The third-order valence-corrected chi connectivity index (χ3v) is 4.64. The van der Waals surface area contributed by atoms with Crippen LogP contribution in [0.3, 0.4) is 0 Å². The zero-order chi connectivity index (χ0) is 17.9. The molecule has 0 radical (unpaired) electrons. The molecule has 136 valence electrons. The number of imidazole rings is 1. The van der Waals surface area contributed by atoms with Crippen molar-refractivity contribution in [3.63, 3.8) is 0 Å². The molecule has 1 aromatic carbocycles. The number of ether oxygens (including phenoxy) is 1. The maximum Gasteiger partial charge on any atom is 0.179 e. The van der Waals surface area contributed by atoms with E-state index in [9.17, 15) is 0 Å². The van der Waals surface area contributed by atoms with Crippen LogP contribution in [0.5, 0.6) is 5.75 Å². The van der Waals surface area contributed by atoms with Crippen LogP contribution in [-0.4, -0.2) is 40.3 Å². The average Bonchev–Trinajstić information content (AvgIpc) is 3.13. The molecule has 3 N–H and O–H groups in total. The van der Waals surface area contributed by atoms with E-state index in [0.29, 0.717) is 6.61 Å². The van der Waals surface area contributed by atoms with Crippen LogP contribution in [0.25, 0.3) is 5.65 Å². The van der Waals surface area contributed by atoms with E-state index in [1.54, 1.807) is 10.7 Å². The molecule has 7 heteroatoms. The van der Waals surface area contributed by atoms with Crippen LogP contribution in [0, 0.1) is 0 Å². The quantitative estimate of drug-likeness (QED) is 0.735. The van der Waals surface area contributed by atoms with Gasteiger partial charge in [0, 0.05) is 37.2 Å². The Labute approximate surface area is 152 Å². The molecule has 0 amide bonds. The van der Waals surface area contributed by atoms with Crippen molar-refractivity contribution in [3.05, 3.63) is 42.9 Å². The number of hydrogen-bond donors (Lipinski definition) is 2. The molecule has 0 spiro atoms. The summed E-state index contributed by atoms with van der Waals surface area (Å²) < 4.78 is 7.31. The van der Waals surface area contributed by atoms with Crippen molar-refractivity contribution in [2.45, 2.75) is 25.8 Å². The second-order valence-electron chi connectivity index (χ2n) is 6.53. The van der Waals surface area contributed by atoms with Gasteiger partial charge in [0.1, 0.15) is 11.4 Å². The number of nitrogens with one attached hydrogen (secondary N) is 1. The van der Waals surface area contributed by atoms with Crippen LogP contribution in [0.4, 0.5) is 17.1 Å². The van der Waals surface area contributed by atoms with E-state index in [4.69, 9.17) is 10.5 Å². The first kappa shape index (κ1) is 16.7. The molecule has 7 nitrogen and oxygen atoms in total. The zero-order valence-electron chi connectivity index (χ0n) is 14.9. The van der Waals surface area contributed by atoms with Gasteiger partial charge in [-0.2, -0.15) is 5.10 Å². The van der Waals surface area contributed by atoms with Gasteiger partial charge in [-0.1, -0.05) is 0 Å². The summed E-state index contributed by atoms with van der Waals surface area (Å²) in [6.07, 6.45) is 7.66. The van der Waals surface area contributed by atoms with E-state index in [1.165, 1.54) is 0 Å². The summed E-state index contributed by atoms with van der Waals surface area (Å²) in [4.78, 5) is 6.79. The van der Waals surface area contributed by atoms with E-state index >= 15 is 0 Å². The third kappa shape index (κ3) is 3.30. The van der Waals surface area contributed by atoms with Gasteiger partial charge in [0.25, 0.3) is 0 Å². The summed E-state index contributed by atoms with van der Waals surface area (Å²) in [7, 11) is 0. The molecular formula is C19H24N6O. The molecule has 3 heterocycles. The first-order valence-corrected chi connectivity index (χ1v) is 9.07. The highest BCUT2D eigenvalue weighted by Crippen LogP contribution is 2.33. The largest absolute Gasteiger partial charge is 0.494 e. The van der Waals surface area contributed by atoms with E-state index < -0.39 is 0 Å². The van der Waals surface area contributed by atoms with Crippen molar-refractivity contribution in [2.75, 3.05) is 29.9 Å². The Kier molecular flexibility index (Phi) is 4.62. The van der Waals surface area contributed by atoms with Gasteiger partial charge >= 0.3 is 0 Å². The number of anilines is 3. The summed E-state index contributed by atoms with van der Waals surface area (Å²) >= 11 is 0. The number of aromatic nitrogens is 3. The van der Waals surface area contributed by atoms with Crippen LogP contribution in [0.2, 0.25) is 0 Å². The maximum atomic E-state index is 6.19. The topological polar surface area (TPSA) is 80.7 Å². The van der Waals surface area contributed by atoms with Crippen LogP contribution in [0.1, 0.15) is 19.8 Å². The molecule has 1 atom stereocenters. The lowest BCUT2D eigenvalue weighted by atomic mass is 10.1. The number of nitrogens with zero attached hydrogens (tertiary/aromatic N) is 4. The monoisotopic (exact) mass is 352 g/mol. The van der Waals surface area contributed by atoms with Gasteiger partial charge in [0.15, 0.2) is 5.65 Å². The molecule has 1 saturated heterocycles. The van der Waals surface area contributed by atoms with Gasteiger partial charge in [-0.05, 0) is 44.0 Å². The molecule has 1 fully saturated rings. The first-order chi connectivity index (χ1) is 12.7. The smallest absolute Gasteiger partial charge is 0.179 e. The van der Waals surface area contributed by atoms with Gasteiger partial charge in [-0.3, -0.25) is 0 Å². The molecule has 1 aliphatic rings. The Balaban J connectivity index is 1.69. The molecule has 0 saturated carbocycles. The molecule has 4 rings (SSSR count). The number of rotatable bonds is 5. The molecule has 2 aromatic heterocycles. The van der Waals surface area contributed by atoms with E-state index in [0.717, 1.165) is 54.4 Å². The summed E-state index contributed by atoms with van der Waals surface area (Å²) in [5.74, 6) is 0.862. The number of nitrogens with two attached hydrogens (primary N) is 1. The fraction of sp³-hybridized carbons (Fsp3) is 0.368. The lowest BCUT2D eigenvalue weighted by Crippen LogP contribution is -2.43. The lowest BCUT2D eigenvalue weighted by molar-refractivity contribution is 0.340. The first-order valence-electron chi connectivity index (χ1n) is 9.07. The van der Waals surface area contributed by atoms with Gasteiger partial charge in [0.05, 0.1) is 18.5 Å². The number of benzene rings is 1. The molecule has 26 heavy (non-hydrogen) atoms. The number of fused-ring (bicyclic) bond motifs is 1. The summed E-state index contributed by atoms with van der Waals surface area (Å²) in [5, 5.41) is 8.02. The van der Waals surface area contributed by atoms with Crippen molar-refractivity contribution in [1.82, 2.24) is 14.6 Å². The minimum absolute atomic E-state index is 0.193. The minimum Gasteiger partial charge on any atom is -0.494 e. The fourth-order valence-electron chi connectivity index (χ4n) is 3.40. The summed E-state index contributed by atoms with van der Waals surface area (Å²) in [6.45, 7) is 4.44. The Morgan fingerprint density at radius 2 is 2.15 bits per heavy atom. The number of hydrogen-bond acceptors (Lipinski definition) is 6. The molecule has 1 aliphatic heterocycles. The fourth-order valence-corrected chi connectivity index (χ4v) is 3.40. The SMILES string of the molecule is CCOc1ccc(Nc2c(N3CCCC(N)C3)cnn3ccnc23)cc1. The molecule has 1 unspecified atom stereocenters. The second kappa shape index (κ2) is 7.21. The molecule has 3 aromatic rings. The minimum atomic E-state index is 0.193. The number of piperidine rings is 1. The molecule has 0 aliphatic carbocycles. The standard InChI is InChI=1S/C19H24N6O/c1-2-26-16-7-5-15(6-8-16)23-18-17(24-10-3-4-14(20)13-24)12-22-25-11-9-21-19(18)25/h5-9,11-12,14,23H,2-4,10,13,20H2,1H3. The van der Waals surface area contributed by atoms with Gasteiger partial charge < -0.3 is 20.7 Å². The van der Waals surface area contributed by atoms with Crippen molar-refractivity contribution < 1.29 is 4.74 Å². The van der Waals surface area contributed by atoms with Gasteiger partial charge in [-0.25, -0.2) is 9.50 Å². The predicted octanol–water partition coefficient (Wildman–Crippen LogP) is 2.80.